The van der Waals surface area contributed by atoms with E-state index in [1.807, 2.05) is 24.3 Å². The predicted octanol–water partition coefficient (Wildman–Crippen LogP) is 3.12. The molecular weight excluding hydrogens is 521 g/mol. The molecule has 0 saturated carbocycles. The average molecular weight is 557 g/mol. The predicted molar refractivity (Wildman–Crippen MR) is 151 cm³/mol. The Morgan fingerprint density at radius 2 is 1.80 bits per heavy atom. The molecule has 0 aliphatic carbocycles. The minimum atomic E-state index is -4.47. The fourth-order valence-corrected chi connectivity index (χ4v) is 4.57. The molecule has 0 fully saturated rings. The van der Waals surface area contributed by atoms with Gasteiger partial charge in [0.1, 0.15) is 6.17 Å². The van der Waals surface area contributed by atoms with E-state index < -0.39 is 17.9 Å². The van der Waals surface area contributed by atoms with Crippen molar-refractivity contribution < 1.29 is 18.0 Å². The zero-order chi connectivity index (χ0) is 28.7. The van der Waals surface area contributed by atoms with E-state index in [4.69, 9.17) is 17.2 Å². The molecule has 1 atom stereocenters. The van der Waals surface area contributed by atoms with Crippen LogP contribution in [0, 0.1) is 0 Å². The Bertz CT molecular complexity index is 1280. The molecule has 2 aliphatic heterocycles. The molecule has 12 heteroatoms. The highest BCUT2D eigenvalue weighted by molar-refractivity contribution is 5.96. The number of anilines is 1. The molecule has 0 saturated heterocycles. The van der Waals surface area contributed by atoms with Crippen molar-refractivity contribution in [3.63, 3.8) is 0 Å². The van der Waals surface area contributed by atoms with Crippen molar-refractivity contribution in [2.75, 3.05) is 24.5 Å². The number of aliphatic imine (C=N–C) groups is 1. The summed E-state index contributed by atoms with van der Waals surface area (Å²) in [6, 6.07) is 11.3. The van der Waals surface area contributed by atoms with Gasteiger partial charge in [0.2, 0.25) is 0 Å². The third-order valence-electron chi connectivity index (χ3n) is 6.61. The van der Waals surface area contributed by atoms with Gasteiger partial charge < -0.3 is 33.2 Å². The molecule has 2 aromatic carbocycles. The van der Waals surface area contributed by atoms with Gasteiger partial charge in [-0.25, -0.2) is 4.79 Å². The number of halogens is 3. The third kappa shape index (κ3) is 7.54. The molecule has 2 amide bonds. The van der Waals surface area contributed by atoms with Crippen LogP contribution in [0.2, 0.25) is 0 Å². The summed E-state index contributed by atoms with van der Waals surface area (Å²) in [5.74, 6) is 0.0811. The number of carbonyl (C=O) groups excluding carboxylic acids is 1. The van der Waals surface area contributed by atoms with E-state index in [1.54, 1.807) is 18.3 Å². The van der Waals surface area contributed by atoms with Gasteiger partial charge in [-0.15, -0.1) is 0 Å². The van der Waals surface area contributed by atoms with Crippen LogP contribution in [0.4, 0.5) is 23.7 Å². The van der Waals surface area contributed by atoms with Gasteiger partial charge in [-0.05, 0) is 91.9 Å². The number of carbonyl (C=O) groups is 1. The maximum Gasteiger partial charge on any atom is 0.416 e. The van der Waals surface area contributed by atoms with Crippen molar-refractivity contribution in [3.05, 3.63) is 82.6 Å². The monoisotopic (exact) mass is 556 g/mol. The highest BCUT2D eigenvalue weighted by atomic mass is 19.4. The maximum absolute atomic E-state index is 13.6. The molecule has 0 radical (unpaired) electrons. The van der Waals surface area contributed by atoms with E-state index in [-0.39, 0.29) is 12.0 Å². The Labute approximate surface area is 231 Å². The first-order chi connectivity index (χ1) is 19.1. The lowest BCUT2D eigenvalue weighted by atomic mass is 9.99. The van der Waals surface area contributed by atoms with Gasteiger partial charge in [0.25, 0.3) is 0 Å². The summed E-state index contributed by atoms with van der Waals surface area (Å²) in [5, 5.41) is 9.35. The Balaban J connectivity index is 1.46. The summed E-state index contributed by atoms with van der Waals surface area (Å²) in [4.78, 5) is 18.3. The fourth-order valence-electron chi connectivity index (χ4n) is 4.57. The number of hydrogen-bond acceptors (Lipinski definition) is 5. The quantitative estimate of drug-likeness (QED) is 0.135. The average Bonchev–Trinajstić information content (AvgIpc) is 3.33. The van der Waals surface area contributed by atoms with Crippen LogP contribution in [0.25, 0.3) is 5.70 Å². The molecule has 214 valence electrons. The highest BCUT2D eigenvalue weighted by Crippen LogP contribution is 2.34. The summed E-state index contributed by atoms with van der Waals surface area (Å²) in [6.45, 7) is 2.46. The molecule has 4 rings (SSSR count). The van der Waals surface area contributed by atoms with Gasteiger partial charge >= 0.3 is 12.2 Å². The van der Waals surface area contributed by atoms with E-state index in [2.05, 4.69) is 20.9 Å². The fraction of sp³-hybridized carbons (Fsp3) is 0.357. The number of benzene rings is 2. The van der Waals surface area contributed by atoms with Crippen LogP contribution in [0.5, 0.6) is 0 Å². The number of alkyl halides is 3. The number of fused-ring (bicyclic) bond motifs is 1. The molecule has 40 heavy (non-hydrogen) atoms. The number of urea groups is 1. The maximum atomic E-state index is 13.6. The van der Waals surface area contributed by atoms with Gasteiger partial charge in [0, 0.05) is 30.6 Å². The van der Waals surface area contributed by atoms with Crippen LogP contribution in [0.1, 0.15) is 41.5 Å². The number of guanidine groups is 1. The Kier molecular flexibility index (Phi) is 9.33. The highest BCUT2D eigenvalue weighted by Gasteiger charge is 2.34. The molecule has 0 aromatic heterocycles. The van der Waals surface area contributed by atoms with Crippen molar-refractivity contribution in [1.29, 1.82) is 0 Å². The number of nitrogens with two attached hydrogens (primary N) is 3. The smallest absolute Gasteiger partial charge is 0.370 e. The summed E-state index contributed by atoms with van der Waals surface area (Å²) < 4.78 is 40.9. The Morgan fingerprint density at radius 1 is 1.02 bits per heavy atom. The number of aryl methyl sites for hydroxylation is 1. The summed E-state index contributed by atoms with van der Waals surface area (Å²) >= 11 is 0. The van der Waals surface area contributed by atoms with Crippen LogP contribution in [-0.4, -0.2) is 37.8 Å². The zero-order valence-electron chi connectivity index (χ0n) is 22.1. The summed E-state index contributed by atoms with van der Waals surface area (Å²) in [7, 11) is 0. The van der Waals surface area contributed by atoms with E-state index in [0.29, 0.717) is 55.0 Å². The number of nitrogens with zero attached hydrogens (tertiary/aromatic N) is 2. The first kappa shape index (κ1) is 29.0. The number of amides is 2. The van der Waals surface area contributed by atoms with Gasteiger partial charge in [-0.2, -0.15) is 13.2 Å². The Hall–Kier alpha value is -4.03. The molecule has 2 heterocycles. The van der Waals surface area contributed by atoms with E-state index in [9.17, 15) is 18.0 Å². The van der Waals surface area contributed by atoms with Gasteiger partial charge in [0.05, 0.1) is 11.3 Å². The summed E-state index contributed by atoms with van der Waals surface area (Å²) in [6.07, 6.45) is 1.23. The minimum Gasteiger partial charge on any atom is -0.370 e. The lowest BCUT2D eigenvalue weighted by Crippen LogP contribution is -2.51. The van der Waals surface area contributed by atoms with Crippen LogP contribution >= 0.6 is 0 Å². The van der Waals surface area contributed by atoms with E-state index in [0.717, 1.165) is 36.6 Å². The molecule has 0 spiro atoms. The van der Waals surface area contributed by atoms with Gasteiger partial charge in [-0.1, -0.05) is 12.1 Å². The number of unbranched alkanes of at least 4 members (excludes halogenated alkanes) is 1. The lowest BCUT2D eigenvalue weighted by molar-refractivity contribution is -0.137. The SMILES string of the molecule is NCCCCc1cc(C2=CC3=CN(c4ccc(CNCCCN=C(N)N)cc4)C(=O)NC3N2)cc(C(F)(F)F)c1. The zero-order valence-corrected chi connectivity index (χ0v) is 22.1. The lowest BCUT2D eigenvalue weighted by Gasteiger charge is -2.29. The van der Waals surface area contributed by atoms with E-state index >= 15 is 0 Å². The normalized spacial score (nSPS) is 16.6. The number of hydrogen-bond donors (Lipinski definition) is 6. The van der Waals surface area contributed by atoms with Crippen LogP contribution < -0.4 is 38.1 Å². The molecule has 2 aliphatic rings. The van der Waals surface area contributed by atoms with Crippen LogP contribution in [0.15, 0.2) is 65.3 Å². The van der Waals surface area contributed by atoms with Crippen molar-refractivity contribution in [2.24, 2.45) is 22.2 Å². The Morgan fingerprint density at radius 3 is 2.50 bits per heavy atom. The topological polar surface area (TPSA) is 147 Å². The van der Waals surface area contributed by atoms with E-state index in [1.165, 1.54) is 11.0 Å². The van der Waals surface area contributed by atoms with Crippen LogP contribution in [-0.2, 0) is 19.1 Å². The van der Waals surface area contributed by atoms with Crippen LogP contribution in [0.3, 0.4) is 0 Å². The minimum absolute atomic E-state index is 0.0811. The van der Waals surface area contributed by atoms with Crippen molar-refractivity contribution in [2.45, 2.75) is 44.6 Å². The molecule has 1 unspecified atom stereocenters. The first-order valence-corrected chi connectivity index (χ1v) is 13.2. The van der Waals surface area contributed by atoms with Crippen molar-refractivity contribution >= 4 is 23.4 Å². The second kappa shape index (κ2) is 12.9. The van der Waals surface area contributed by atoms with Crippen molar-refractivity contribution in [3.8, 4) is 0 Å². The van der Waals surface area contributed by atoms with Gasteiger partial charge in [0.15, 0.2) is 5.96 Å². The number of nitrogens with one attached hydrogen (secondary N) is 3. The van der Waals surface area contributed by atoms with Gasteiger partial charge in [-0.3, -0.25) is 9.89 Å². The number of rotatable bonds is 12. The van der Waals surface area contributed by atoms with Crippen molar-refractivity contribution in [1.82, 2.24) is 16.0 Å². The molecule has 2 aromatic rings. The summed E-state index contributed by atoms with van der Waals surface area (Å²) in [5.41, 5.74) is 19.5. The third-order valence-corrected chi connectivity index (χ3v) is 6.61. The largest absolute Gasteiger partial charge is 0.416 e. The molecular formula is C28H35F3N8O. The molecule has 9 nitrogen and oxygen atoms in total. The first-order valence-electron chi connectivity index (χ1n) is 13.2. The molecule has 0 bridgehead atoms. The second-order valence-corrected chi connectivity index (χ2v) is 9.75. The molecule has 9 N–H and O–H groups in total. The standard InChI is InChI=1S/C28H35F3N8O/c29-28(30,31)22-13-19(4-1-2-9-32)12-20(14-22)24-15-21-17-39(27(40)38-25(21)37-24)23-7-5-18(6-8-23)16-35-10-3-11-36-26(33)34/h5-8,12-15,17,25,35,37H,1-4,9-11,16,32H2,(H,38,40)(H4,33,34,36). The second-order valence-electron chi connectivity index (χ2n) is 9.75.